The smallest absolute Gasteiger partial charge is 0.339 e. The van der Waals surface area contributed by atoms with E-state index in [0.29, 0.717) is 17.7 Å². The van der Waals surface area contributed by atoms with Crippen LogP contribution in [0.25, 0.3) is 11.1 Å². The number of benzene rings is 3. The van der Waals surface area contributed by atoms with Crippen LogP contribution in [0.3, 0.4) is 0 Å². The molecule has 1 aliphatic carbocycles. The van der Waals surface area contributed by atoms with Gasteiger partial charge >= 0.3 is 11.9 Å². The molecular weight excluding hydrogens is 414 g/mol. The van der Waals surface area contributed by atoms with Crippen molar-refractivity contribution in [3.05, 3.63) is 83.4 Å². The lowest BCUT2D eigenvalue weighted by molar-refractivity contribution is -0.156. The Kier molecular flexibility index (Phi) is 6.23. The molecule has 1 atom stereocenters. The number of esters is 2. The lowest BCUT2D eigenvalue weighted by Gasteiger charge is -2.24. The summed E-state index contributed by atoms with van der Waals surface area (Å²) in [5.41, 5.74) is 5.75. The minimum atomic E-state index is -0.532. The Morgan fingerprint density at radius 2 is 1.67 bits per heavy atom. The van der Waals surface area contributed by atoms with E-state index in [1.54, 1.807) is 6.07 Å². The average molecular weight is 444 g/mol. The minimum absolute atomic E-state index is 0.187. The summed E-state index contributed by atoms with van der Waals surface area (Å²) in [5.74, 6) is -0.893. The van der Waals surface area contributed by atoms with Gasteiger partial charge in [-0.25, -0.2) is 4.79 Å². The molecule has 0 spiro atoms. The quantitative estimate of drug-likeness (QED) is 0.483. The number of carbonyl (C=O) groups excluding carboxylic acids is 2. The van der Waals surface area contributed by atoms with Gasteiger partial charge in [-0.15, -0.1) is 0 Å². The Balaban J connectivity index is 1.72. The molecule has 0 amide bonds. The van der Waals surface area contributed by atoms with Gasteiger partial charge in [0.05, 0.1) is 24.3 Å². The van der Waals surface area contributed by atoms with Gasteiger partial charge in [0.15, 0.2) is 0 Å². The van der Waals surface area contributed by atoms with E-state index < -0.39 is 11.6 Å². The summed E-state index contributed by atoms with van der Waals surface area (Å²) in [5, 5.41) is 3.36. The lowest BCUT2D eigenvalue weighted by atomic mass is 9.91. The fourth-order valence-electron chi connectivity index (χ4n) is 4.28. The van der Waals surface area contributed by atoms with Gasteiger partial charge < -0.3 is 14.8 Å². The van der Waals surface area contributed by atoms with E-state index >= 15 is 0 Å². The van der Waals surface area contributed by atoms with Crippen molar-refractivity contribution in [3.8, 4) is 11.1 Å². The first kappa shape index (κ1) is 22.6. The number of carbonyl (C=O) groups is 2. The maximum absolute atomic E-state index is 13.0. The van der Waals surface area contributed by atoms with Gasteiger partial charge in [0, 0.05) is 5.69 Å². The Labute approximate surface area is 194 Å². The second-order valence-electron chi connectivity index (χ2n) is 9.25. The number of anilines is 2. The van der Waals surface area contributed by atoms with E-state index in [1.807, 2.05) is 63.2 Å². The minimum Gasteiger partial charge on any atom is -0.465 e. The van der Waals surface area contributed by atoms with Crippen LogP contribution >= 0.6 is 0 Å². The van der Waals surface area contributed by atoms with Crippen molar-refractivity contribution in [1.29, 1.82) is 0 Å². The molecular formula is C28H29NO4. The molecule has 1 aliphatic rings. The second kappa shape index (κ2) is 9.10. The van der Waals surface area contributed by atoms with Crippen molar-refractivity contribution in [3.63, 3.8) is 0 Å². The number of rotatable bonds is 4. The van der Waals surface area contributed by atoms with Crippen LogP contribution in [0.4, 0.5) is 11.4 Å². The molecule has 0 radical (unpaired) electrons. The van der Waals surface area contributed by atoms with E-state index in [-0.39, 0.29) is 11.9 Å². The Morgan fingerprint density at radius 1 is 0.939 bits per heavy atom. The molecule has 0 aromatic heterocycles. The molecule has 0 saturated heterocycles. The van der Waals surface area contributed by atoms with Crippen molar-refractivity contribution >= 4 is 23.3 Å². The Bertz CT molecular complexity index is 1190. The van der Waals surface area contributed by atoms with Crippen molar-refractivity contribution in [2.24, 2.45) is 0 Å². The number of ether oxygens (including phenoxy) is 2. The van der Waals surface area contributed by atoms with Crippen LogP contribution in [0.15, 0.2) is 66.7 Å². The molecule has 0 fully saturated rings. The average Bonchev–Trinajstić information content (AvgIpc) is 2.95. The molecule has 33 heavy (non-hydrogen) atoms. The zero-order valence-corrected chi connectivity index (χ0v) is 19.5. The van der Waals surface area contributed by atoms with Crippen LogP contribution in [0.2, 0.25) is 0 Å². The monoisotopic (exact) mass is 443 g/mol. The van der Waals surface area contributed by atoms with Crippen LogP contribution < -0.4 is 5.32 Å². The van der Waals surface area contributed by atoms with Crippen LogP contribution in [0.5, 0.6) is 0 Å². The summed E-state index contributed by atoms with van der Waals surface area (Å²) in [6.45, 7) is 5.69. The summed E-state index contributed by atoms with van der Waals surface area (Å²) in [4.78, 5) is 25.2. The topological polar surface area (TPSA) is 64.6 Å². The summed E-state index contributed by atoms with van der Waals surface area (Å²) >= 11 is 0. The molecule has 3 aromatic carbocycles. The zero-order valence-electron chi connectivity index (χ0n) is 19.5. The maximum atomic E-state index is 13.0. The summed E-state index contributed by atoms with van der Waals surface area (Å²) in [6.07, 6.45) is 1.46. The molecule has 4 rings (SSSR count). The second-order valence-corrected chi connectivity index (χ2v) is 9.25. The SMILES string of the molecule is COC(=O)c1ccccc1Nc1ccc2c(c1)-c1ccccc1C(C(=O)OC(C)(C)C)CC2. The molecule has 0 saturated carbocycles. The summed E-state index contributed by atoms with van der Waals surface area (Å²) in [7, 11) is 1.37. The fraction of sp³-hybridized carbons (Fsp3) is 0.286. The maximum Gasteiger partial charge on any atom is 0.339 e. The van der Waals surface area contributed by atoms with Crippen LogP contribution in [-0.4, -0.2) is 24.6 Å². The highest BCUT2D eigenvalue weighted by molar-refractivity contribution is 5.96. The number of hydrogen-bond donors (Lipinski definition) is 1. The van der Waals surface area contributed by atoms with E-state index in [1.165, 1.54) is 12.7 Å². The molecule has 1 unspecified atom stereocenters. The first-order chi connectivity index (χ1) is 15.8. The highest BCUT2D eigenvalue weighted by Gasteiger charge is 2.31. The molecule has 5 heteroatoms. The van der Waals surface area contributed by atoms with E-state index in [4.69, 9.17) is 9.47 Å². The van der Waals surface area contributed by atoms with Crippen molar-refractivity contribution in [2.45, 2.75) is 45.1 Å². The predicted molar refractivity (Wildman–Crippen MR) is 130 cm³/mol. The highest BCUT2D eigenvalue weighted by Crippen LogP contribution is 2.40. The number of fused-ring (bicyclic) bond motifs is 3. The largest absolute Gasteiger partial charge is 0.465 e. The third-order valence-corrected chi connectivity index (χ3v) is 5.74. The number of nitrogens with one attached hydrogen (secondary N) is 1. The zero-order chi connectivity index (χ0) is 23.6. The molecule has 170 valence electrons. The van der Waals surface area contributed by atoms with E-state index in [0.717, 1.165) is 28.8 Å². The predicted octanol–water partition coefficient (Wildman–Crippen LogP) is 6.26. The van der Waals surface area contributed by atoms with Crippen LogP contribution in [-0.2, 0) is 20.7 Å². The Morgan fingerprint density at radius 3 is 2.42 bits per heavy atom. The molecule has 0 heterocycles. The van der Waals surface area contributed by atoms with Gasteiger partial charge in [-0.3, -0.25) is 4.79 Å². The van der Waals surface area contributed by atoms with Gasteiger partial charge in [0.25, 0.3) is 0 Å². The summed E-state index contributed by atoms with van der Waals surface area (Å²) < 4.78 is 10.7. The normalized spacial score (nSPS) is 15.0. The summed E-state index contributed by atoms with van der Waals surface area (Å²) in [6, 6.07) is 21.5. The first-order valence-corrected chi connectivity index (χ1v) is 11.2. The number of aryl methyl sites for hydroxylation is 1. The van der Waals surface area contributed by atoms with E-state index in [9.17, 15) is 9.59 Å². The third-order valence-electron chi connectivity index (χ3n) is 5.74. The molecule has 0 aliphatic heterocycles. The van der Waals surface area contributed by atoms with Crippen molar-refractivity contribution in [1.82, 2.24) is 0 Å². The van der Waals surface area contributed by atoms with Gasteiger partial charge in [0.1, 0.15) is 5.60 Å². The lowest BCUT2D eigenvalue weighted by Crippen LogP contribution is -2.28. The molecule has 1 N–H and O–H groups in total. The van der Waals surface area contributed by atoms with Gasteiger partial charge in [-0.05, 0) is 80.1 Å². The van der Waals surface area contributed by atoms with Crippen LogP contribution in [0.1, 0.15) is 54.6 Å². The third kappa shape index (κ3) is 4.92. The van der Waals surface area contributed by atoms with Crippen molar-refractivity contribution < 1.29 is 19.1 Å². The first-order valence-electron chi connectivity index (χ1n) is 11.2. The number of methoxy groups -OCH3 is 1. The van der Waals surface area contributed by atoms with Gasteiger partial charge in [-0.1, -0.05) is 42.5 Å². The molecule has 0 bridgehead atoms. The van der Waals surface area contributed by atoms with Crippen LogP contribution in [0, 0.1) is 0 Å². The number of hydrogen-bond acceptors (Lipinski definition) is 5. The van der Waals surface area contributed by atoms with Gasteiger partial charge in [-0.2, -0.15) is 0 Å². The van der Waals surface area contributed by atoms with Gasteiger partial charge in [0.2, 0.25) is 0 Å². The standard InChI is InChI=1S/C28H29NO4/c1-28(2,3)33-27(31)22-16-14-18-13-15-19(17-24(18)21-10-6-5-9-20(21)22)29-25-12-8-7-11-23(25)26(30)32-4/h5-13,15,17,22,29H,14,16H2,1-4H3. The van der Waals surface area contributed by atoms with Crippen molar-refractivity contribution in [2.75, 3.05) is 12.4 Å². The highest BCUT2D eigenvalue weighted by atomic mass is 16.6. The van der Waals surface area contributed by atoms with E-state index in [2.05, 4.69) is 23.5 Å². The fourth-order valence-corrected chi connectivity index (χ4v) is 4.28. The molecule has 5 nitrogen and oxygen atoms in total. The number of para-hydroxylation sites is 1. The molecule has 3 aromatic rings. The Hall–Kier alpha value is -3.60.